The average Bonchev–Trinajstić information content (AvgIpc) is 2.90. The molecule has 0 aliphatic carbocycles. The highest BCUT2D eigenvalue weighted by atomic mass is 35.5. The Morgan fingerprint density at radius 2 is 2.00 bits per heavy atom. The minimum absolute atomic E-state index is 0.509. The Balaban J connectivity index is 2.20. The standard InChI is InChI=1S/C17H27ClN2/c1-4-17(5-2)9-10-20(13-17)16-8-7-15(18)11-14(16)12-19-6-3/h7-8,11,19H,4-6,9-10,12-13H2,1-3H3. The molecule has 1 aliphatic rings. The first-order valence-electron chi connectivity index (χ1n) is 7.88. The molecule has 0 aromatic heterocycles. The number of rotatable bonds is 6. The second-order valence-corrected chi connectivity index (χ2v) is 6.37. The smallest absolute Gasteiger partial charge is 0.0413 e. The molecule has 1 fully saturated rings. The average molecular weight is 295 g/mol. The van der Waals surface area contributed by atoms with Crippen molar-refractivity contribution in [2.45, 2.75) is 46.6 Å². The normalized spacial score (nSPS) is 17.7. The lowest BCUT2D eigenvalue weighted by molar-refractivity contribution is 0.301. The third-order valence-corrected chi connectivity index (χ3v) is 5.12. The van der Waals surface area contributed by atoms with E-state index in [0.29, 0.717) is 5.41 Å². The summed E-state index contributed by atoms with van der Waals surface area (Å²) in [7, 11) is 0. The summed E-state index contributed by atoms with van der Waals surface area (Å²) in [4.78, 5) is 2.55. The Labute approximate surface area is 128 Å². The van der Waals surface area contributed by atoms with E-state index in [1.165, 1.54) is 43.6 Å². The highest BCUT2D eigenvalue weighted by Gasteiger charge is 2.35. The van der Waals surface area contributed by atoms with Gasteiger partial charge in [-0.15, -0.1) is 0 Å². The predicted octanol–water partition coefficient (Wildman–Crippen LogP) is 4.47. The van der Waals surface area contributed by atoms with E-state index in [9.17, 15) is 0 Å². The molecule has 0 unspecified atom stereocenters. The minimum atomic E-state index is 0.509. The fourth-order valence-corrected chi connectivity index (χ4v) is 3.43. The highest BCUT2D eigenvalue weighted by Crippen LogP contribution is 2.40. The predicted molar refractivity (Wildman–Crippen MR) is 88.7 cm³/mol. The molecule has 1 N–H and O–H groups in total. The Morgan fingerprint density at radius 3 is 2.60 bits per heavy atom. The van der Waals surface area contributed by atoms with E-state index in [1.807, 2.05) is 6.07 Å². The molecule has 0 saturated carbocycles. The molecule has 20 heavy (non-hydrogen) atoms. The highest BCUT2D eigenvalue weighted by molar-refractivity contribution is 6.30. The van der Waals surface area contributed by atoms with Gasteiger partial charge in [0.2, 0.25) is 0 Å². The number of benzene rings is 1. The first-order valence-corrected chi connectivity index (χ1v) is 8.26. The van der Waals surface area contributed by atoms with Crippen molar-refractivity contribution >= 4 is 17.3 Å². The molecule has 0 spiro atoms. The van der Waals surface area contributed by atoms with Crippen LogP contribution in [0.3, 0.4) is 0 Å². The van der Waals surface area contributed by atoms with Crippen LogP contribution < -0.4 is 10.2 Å². The van der Waals surface area contributed by atoms with Gasteiger partial charge in [0.15, 0.2) is 0 Å². The zero-order valence-electron chi connectivity index (χ0n) is 13.0. The summed E-state index contributed by atoms with van der Waals surface area (Å²) in [5.74, 6) is 0. The van der Waals surface area contributed by atoms with E-state index in [4.69, 9.17) is 11.6 Å². The van der Waals surface area contributed by atoms with Gasteiger partial charge in [0.1, 0.15) is 0 Å². The maximum absolute atomic E-state index is 6.17. The van der Waals surface area contributed by atoms with Crippen molar-refractivity contribution in [3.05, 3.63) is 28.8 Å². The van der Waals surface area contributed by atoms with Crippen molar-refractivity contribution in [1.29, 1.82) is 0 Å². The second-order valence-electron chi connectivity index (χ2n) is 5.93. The van der Waals surface area contributed by atoms with E-state index >= 15 is 0 Å². The molecular formula is C17H27ClN2. The second kappa shape index (κ2) is 6.82. The molecule has 1 aromatic carbocycles. The van der Waals surface area contributed by atoms with Gasteiger partial charge in [0, 0.05) is 30.3 Å². The quantitative estimate of drug-likeness (QED) is 0.833. The van der Waals surface area contributed by atoms with Gasteiger partial charge in [-0.1, -0.05) is 32.4 Å². The van der Waals surface area contributed by atoms with Crippen LogP contribution in [0.5, 0.6) is 0 Å². The van der Waals surface area contributed by atoms with Gasteiger partial charge in [-0.2, -0.15) is 0 Å². The minimum Gasteiger partial charge on any atom is -0.371 e. The molecule has 1 aliphatic heterocycles. The molecule has 0 amide bonds. The molecule has 0 radical (unpaired) electrons. The van der Waals surface area contributed by atoms with Crippen molar-refractivity contribution in [2.75, 3.05) is 24.5 Å². The van der Waals surface area contributed by atoms with Gasteiger partial charge in [-0.25, -0.2) is 0 Å². The van der Waals surface area contributed by atoms with Crippen LogP contribution in [0.25, 0.3) is 0 Å². The number of hydrogen-bond donors (Lipinski definition) is 1. The maximum Gasteiger partial charge on any atom is 0.0413 e. The topological polar surface area (TPSA) is 15.3 Å². The zero-order valence-corrected chi connectivity index (χ0v) is 13.8. The number of nitrogens with zero attached hydrogens (tertiary/aromatic N) is 1. The van der Waals surface area contributed by atoms with Gasteiger partial charge in [0.25, 0.3) is 0 Å². The van der Waals surface area contributed by atoms with Crippen LogP contribution in [0.1, 0.15) is 45.6 Å². The van der Waals surface area contributed by atoms with Crippen LogP contribution in [0.15, 0.2) is 18.2 Å². The van der Waals surface area contributed by atoms with Crippen LogP contribution >= 0.6 is 11.6 Å². The summed E-state index contributed by atoms with van der Waals surface area (Å²) < 4.78 is 0. The monoisotopic (exact) mass is 294 g/mol. The van der Waals surface area contributed by atoms with Gasteiger partial charge in [-0.05, 0) is 55.0 Å². The molecule has 112 valence electrons. The first kappa shape index (κ1) is 15.7. The molecule has 1 saturated heterocycles. The number of hydrogen-bond acceptors (Lipinski definition) is 2. The Morgan fingerprint density at radius 1 is 1.25 bits per heavy atom. The number of anilines is 1. The molecule has 2 rings (SSSR count). The van der Waals surface area contributed by atoms with E-state index in [-0.39, 0.29) is 0 Å². The fraction of sp³-hybridized carbons (Fsp3) is 0.647. The summed E-state index contributed by atoms with van der Waals surface area (Å²) in [6.45, 7) is 11.0. The zero-order chi connectivity index (χ0) is 14.6. The van der Waals surface area contributed by atoms with Crippen LogP contribution in [0, 0.1) is 5.41 Å². The van der Waals surface area contributed by atoms with Crippen molar-refractivity contribution < 1.29 is 0 Å². The van der Waals surface area contributed by atoms with Crippen LogP contribution in [0.2, 0.25) is 5.02 Å². The van der Waals surface area contributed by atoms with Gasteiger partial charge < -0.3 is 10.2 Å². The van der Waals surface area contributed by atoms with Gasteiger partial charge >= 0.3 is 0 Å². The summed E-state index contributed by atoms with van der Waals surface area (Å²) in [6, 6.07) is 6.32. The fourth-order valence-electron chi connectivity index (χ4n) is 3.23. The third kappa shape index (κ3) is 3.29. The van der Waals surface area contributed by atoms with Gasteiger partial charge in [0.05, 0.1) is 0 Å². The summed E-state index contributed by atoms with van der Waals surface area (Å²) in [6.07, 6.45) is 3.86. The molecule has 1 aromatic rings. The SMILES string of the molecule is CCNCc1cc(Cl)ccc1N1CCC(CC)(CC)C1. The Bertz CT molecular complexity index is 441. The number of halogens is 1. The van der Waals surface area contributed by atoms with Crippen molar-refractivity contribution in [3.63, 3.8) is 0 Å². The van der Waals surface area contributed by atoms with Crippen LogP contribution in [0.4, 0.5) is 5.69 Å². The maximum atomic E-state index is 6.17. The van der Waals surface area contributed by atoms with E-state index in [0.717, 1.165) is 18.1 Å². The summed E-state index contributed by atoms with van der Waals surface area (Å²) in [5.41, 5.74) is 3.19. The lowest BCUT2D eigenvalue weighted by atomic mass is 9.82. The van der Waals surface area contributed by atoms with E-state index in [2.05, 4.69) is 43.1 Å². The third-order valence-electron chi connectivity index (χ3n) is 4.89. The van der Waals surface area contributed by atoms with Crippen molar-refractivity contribution in [3.8, 4) is 0 Å². The van der Waals surface area contributed by atoms with Crippen molar-refractivity contribution in [1.82, 2.24) is 5.32 Å². The van der Waals surface area contributed by atoms with E-state index < -0.39 is 0 Å². The summed E-state index contributed by atoms with van der Waals surface area (Å²) >= 11 is 6.17. The lowest BCUT2D eigenvalue weighted by Gasteiger charge is -2.28. The molecule has 1 heterocycles. The Hall–Kier alpha value is -0.730. The van der Waals surface area contributed by atoms with Gasteiger partial charge in [-0.3, -0.25) is 0 Å². The van der Waals surface area contributed by atoms with Crippen LogP contribution in [-0.2, 0) is 6.54 Å². The van der Waals surface area contributed by atoms with Crippen molar-refractivity contribution in [2.24, 2.45) is 5.41 Å². The molecule has 3 heteroatoms. The van der Waals surface area contributed by atoms with Crippen LogP contribution in [-0.4, -0.2) is 19.6 Å². The molecule has 0 atom stereocenters. The molecular weight excluding hydrogens is 268 g/mol. The number of nitrogens with one attached hydrogen (secondary N) is 1. The summed E-state index contributed by atoms with van der Waals surface area (Å²) in [5, 5.41) is 4.25. The van der Waals surface area contributed by atoms with E-state index in [1.54, 1.807) is 0 Å². The lowest BCUT2D eigenvalue weighted by Crippen LogP contribution is -2.27. The first-order chi connectivity index (χ1) is 9.64. The molecule has 2 nitrogen and oxygen atoms in total. The largest absolute Gasteiger partial charge is 0.371 e. The Kier molecular flexibility index (Phi) is 5.34. The molecule has 0 bridgehead atoms.